The van der Waals surface area contributed by atoms with Gasteiger partial charge < -0.3 is 30.0 Å². The van der Waals surface area contributed by atoms with E-state index in [9.17, 15) is 29.7 Å². The molecule has 1 aliphatic heterocycles. The number of nitrogens with two attached hydrogens (primary N) is 1. The van der Waals surface area contributed by atoms with Gasteiger partial charge in [0.1, 0.15) is 11.6 Å². The Balaban J connectivity index is 1.27. The average molecular weight is 635 g/mol. The number of furan rings is 1. The van der Waals surface area contributed by atoms with Crippen molar-refractivity contribution in [3.8, 4) is 0 Å². The predicted octanol–water partition coefficient (Wildman–Crippen LogP) is 2.02. The number of nitrogens with zero attached hydrogens (tertiary/aromatic N) is 1. The van der Waals surface area contributed by atoms with Gasteiger partial charge in [-0.05, 0) is 60.9 Å². The minimum absolute atomic E-state index is 0.0167. The zero-order valence-electron chi connectivity index (χ0n) is 23.1. The van der Waals surface area contributed by atoms with Crippen LogP contribution in [0, 0.1) is 5.92 Å². The molecule has 43 heavy (non-hydrogen) atoms. The molecule has 8 N–H and O–H groups in total. The number of para-hydroxylation sites is 1. The Bertz CT molecular complexity index is 1490. The monoisotopic (exact) mass is 633 g/mol. The summed E-state index contributed by atoms with van der Waals surface area (Å²) in [5, 5.41) is 36.2. The number of carbonyl (C=O) groups is 3. The first-order valence-electron chi connectivity index (χ1n) is 13.9. The molecule has 0 spiro atoms. The maximum Gasteiger partial charge on any atom is 0.327 e. The number of carboxylic acids is 1. The number of carboxylic acid groups (broad SMARTS) is 1. The fourth-order valence-electron chi connectivity index (χ4n) is 5.89. The van der Waals surface area contributed by atoms with Crippen LogP contribution in [-0.2, 0) is 17.8 Å². The van der Waals surface area contributed by atoms with E-state index >= 15 is 0 Å². The van der Waals surface area contributed by atoms with Gasteiger partial charge in [-0.1, -0.05) is 41.4 Å². The molecule has 2 unspecified atom stereocenters. The van der Waals surface area contributed by atoms with Gasteiger partial charge in [0.15, 0.2) is 5.76 Å². The van der Waals surface area contributed by atoms with Crippen LogP contribution >= 0.6 is 23.2 Å². The van der Waals surface area contributed by atoms with E-state index in [4.69, 9.17) is 33.5 Å². The summed E-state index contributed by atoms with van der Waals surface area (Å²) in [6.07, 6.45) is -0.681. The first kappa shape index (κ1) is 31.2. The second-order valence-corrected chi connectivity index (χ2v) is 11.8. The molecule has 1 aliphatic carbocycles. The lowest BCUT2D eigenvalue weighted by Gasteiger charge is -2.35. The minimum Gasteiger partial charge on any atom is -0.480 e. The number of rotatable bonds is 9. The number of halogens is 2. The predicted molar refractivity (Wildman–Crippen MR) is 158 cm³/mol. The average Bonchev–Trinajstić information content (AvgIpc) is 3.40. The van der Waals surface area contributed by atoms with Gasteiger partial charge in [0.05, 0.1) is 34.0 Å². The molecular weight excluding hydrogens is 601 g/mol. The van der Waals surface area contributed by atoms with E-state index < -0.39 is 36.3 Å². The van der Waals surface area contributed by atoms with E-state index in [1.165, 1.54) is 0 Å². The molecule has 3 aromatic rings. The van der Waals surface area contributed by atoms with E-state index in [1.54, 1.807) is 23.1 Å². The van der Waals surface area contributed by atoms with Crippen molar-refractivity contribution in [1.29, 1.82) is 0 Å². The van der Waals surface area contributed by atoms with Crippen molar-refractivity contribution in [1.82, 2.24) is 21.0 Å². The fraction of sp³-hybridized carbons (Fsp3) is 0.414. The molecule has 230 valence electrons. The second kappa shape index (κ2) is 13.2. The number of hydrogen-bond donors (Lipinski definition) is 7. The van der Waals surface area contributed by atoms with Gasteiger partial charge in [-0.3, -0.25) is 20.7 Å². The summed E-state index contributed by atoms with van der Waals surface area (Å²) in [6, 6.07) is 9.23. The molecule has 2 aliphatic rings. The second-order valence-electron chi connectivity index (χ2n) is 11.0. The summed E-state index contributed by atoms with van der Waals surface area (Å²) >= 11 is 13.2. The highest BCUT2D eigenvalue weighted by Gasteiger charge is 2.34. The SMILES string of the molecule is NNC(NC[C@H](NC(=O)c1c(Cl)cc2c(c1Cl)CCN(C(=O)c1cc3ccccc3o1)C2)C(=O)O)C1C[C@@H](O)C[C@@H](O)C1. The zero-order valence-corrected chi connectivity index (χ0v) is 24.6. The van der Waals surface area contributed by atoms with Crippen molar-refractivity contribution in [2.75, 3.05) is 13.1 Å². The van der Waals surface area contributed by atoms with E-state index in [2.05, 4.69) is 16.1 Å². The van der Waals surface area contributed by atoms with Gasteiger partial charge in [0, 0.05) is 25.0 Å². The molecule has 0 saturated heterocycles. The van der Waals surface area contributed by atoms with E-state index in [1.807, 2.05) is 18.2 Å². The fourth-order valence-corrected chi connectivity index (χ4v) is 6.65. The van der Waals surface area contributed by atoms with E-state index in [0.29, 0.717) is 42.5 Å². The van der Waals surface area contributed by atoms with Gasteiger partial charge in [-0.2, -0.15) is 0 Å². The number of hydrazine groups is 1. The Morgan fingerprint density at radius 3 is 2.49 bits per heavy atom. The third-order valence-corrected chi connectivity index (χ3v) is 8.76. The number of fused-ring (bicyclic) bond motifs is 2. The highest BCUT2D eigenvalue weighted by atomic mass is 35.5. The molecule has 1 fully saturated rings. The third kappa shape index (κ3) is 6.80. The van der Waals surface area contributed by atoms with Crippen LogP contribution < -0.4 is 21.9 Å². The maximum absolute atomic E-state index is 13.3. The Labute approximate surface area is 257 Å². The Morgan fingerprint density at radius 1 is 1.09 bits per heavy atom. The standard InChI is InChI=1S/C29H33Cl2N5O7/c30-20-9-16-13-36(28(40)23-10-14-3-1-2-4-22(14)43-23)6-5-19(16)25(31)24(20)27(39)34-21(29(41)42)12-33-26(35-32)15-7-17(37)11-18(38)8-15/h1-4,9-10,15,17-18,21,26,33,35,37-38H,5-8,11-13,32H2,(H,34,39)(H,41,42)/t15?,17-,18+,21-,26?/m0/s1. The number of aliphatic hydroxyl groups excluding tert-OH is 2. The van der Waals surface area contributed by atoms with Gasteiger partial charge in [-0.15, -0.1) is 0 Å². The zero-order chi connectivity index (χ0) is 30.8. The molecule has 0 radical (unpaired) electrons. The van der Waals surface area contributed by atoms with Crippen LogP contribution in [0.3, 0.4) is 0 Å². The van der Waals surface area contributed by atoms with Crippen LogP contribution in [0.2, 0.25) is 10.0 Å². The van der Waals surface area contributed by atoms with Crippen molar-refractivity contribution in [2.45, 2.75) is 56.6 Å². The van der Waals surface area contributed by atoms with Gasteiger partial charge in [0.2, 0.25) is 0 Å². The molecule has 2 amide bonds. The summed E-state index contributed by atoms with van der Waals surface area (Å²) < 4.78 is 5.73. The molecule has 5 atom stereocenters. The number of nitrogens with one attached hydrogen (secondary N) is 3. The minimum atomic E-state index is -1.37. The normalized spacial score (nSPS) is 21.7. The molecule has 2 heterocycles. The molecule has 12 nitrogen and oxygen atoms in total. The highest BCUT2D eigenvalue weighted by Crippen LogP contribution is 2.35. The van der Waals surface area contributed by atoms with Crippen LogP contribution in [-0.4, -0.2) is 75.5 Å². The lowest BCUT2D eigenvalue weighted by molar-refractivity contribution is -0.139. The van der Waals surface area contributed by atoms with Crippen molar-refractivity contribution < 1.29 is 34.1 Å². The largest absolute Gasteiger partial charge is 0.480 e. The van der Waals surface area contributed by atoms with Gasteiger partial charge in [-0.25, -0.2) is 10.2 Å². The van der Waals surface area contributed by atoms with Crippen LogP contribution in [0.4, 0.5) is 0 Å². The summed E-state index contributed by atoms with van der Waals surface area (Å²) in [7, 11) is 0. The number of aliphatic hydroxyl groups is 2. The number of hydrogen-bond acceptors (Lipinski definition) is 9. The van der Waals surface area contributed by atoms with Crippen molar-refractivity contribution in [2.24, 2.45) is 11.8 Å². The lowest BCUT2D eigenvalue weighted by Crippen LogP contribution is -2.57. The Kier molecular flexibility index (Phi) is 9.57. The van der Waals surface area contributed by atoms with Crippen molar-refractivity contribution >= 4 is 52.0 Å². The lowest BCUT2D eigenvalue weighted by atomic mass is 9.83. The number of carbonyl (C=O) groups excluding carboxylic acids is 2. The highest BCUT2D eigenvalue weighted by molar-refractivity contribution is 6.40. The smallest absolute Gasteiger partial charge is 0.327 e. The topological polar surface area (TPSA) is 190 Å². The molecule has 14 heteroatoms. The number of benzene rings is 2. The molecular formula is C29H33Cl2N5O7. The van der Waals surface area contributed by atoms with Crippen molar-refractivity contribution in [3.63, 3.8) is 0 Å². The summed E-state index contributed by atoms with van der Waals surface area (Å²) in [4.78, 5) is 40.1. The van der Waals surface area contributed by atoms with Crippen LogP contribution in [0.1, 0.15) is 51.3 Å². The van der Waals surface area contributed by atoms with E-state index in [0.717, 1.165) is 5.39 Å². The Hall–Kier alpha value is -3.23. The van der Waals surface area contributed by atoms with Crippen LogP contribution in [0.5, 0.6) is 0 Å². The number of aliphatic carboxylic acids is 1. The first-order valence-corrected chi connectivity index (χ1v) is 14.7. The quantitative estimate of drug-likeness (QED) is 0.104. The first-order chi connectivity index (χ1) is 20.5. The van der Waals surface area contributed by atoms with Crippen LogP contribution in [0.25, 0.3) is 11.0 Å². The maximum atomic E-state index is 13.3. The van der Waals surface area contributed by atoms with Crippen molar-refractivity contribution in [3.05, 3.63) is 68.9 Å². The number of amides is 2. The van der Waals surface area contributed by atoms with Crippen LogP contribution in [0.15, 0.2) is 40.8 Å². The molecule has 5 rings (SSSR count). The molecule has 1 aromatic heterocycles. The third-order valence-electron chi connectivity index (χ3n) is 8.05. The summed E-state index contributed by atoms with van der Waals surface area (Å²) in [5.41, 5.74) is 4.44. The molecule has 0 bridgehead atoms. The van der Waals surface area contributed by atoms with Gasteiger partial charge in [0.25, 0.3) is 11.8 Å². The van der Waals surface area contributed by atoms with E-state index in [-0.39, 0.29) is 52.7 Å². The molecule has 2 aromatic carbocycles. The summed E-state index contributed by atoms with van der Waals surface area (Å²) in [5.74, 6) is 3.25. The summed E-state index contributed by atoms with van der Waals surface area (Å²) in [6.45, 7) is 0.314. The Morgan fingerprint density at radius 2 is 1.81 bits per heavy atom. The molecule has 1 saturated carbocycles. The van der Waals surface area contributed by atoms with Gasteiger partial charge >= 0.3 is 5.97 Å².